The van der Waals surface area contributed by atoms with Gasteiger partial charge in [0, 0.05) is 31.3 Å². The molecular formula is C22H28N2O3. The lowest BCUT2D eigenvalue weighted by Crippen LogP contribution is -2.31. The highest BCUT2D eigenvalue weighted by atomic mass is 16.5. The Balaban J connectivity index is 1.94. The van der Waals surface area contributed by atoms with Gasteiger partial charge >= 0.3 is 0 Å². The van der Waals surface area contributed by atoms with Gasteiger partial charge in [-0.2, -0.15) is 0 Å². The van der Waals surface area contributed by atoms with E-state index >= 15 is 0 Å². The van der Waals surface area contributed by atoms with Crippen LogP contribution in [-0.4, -0.2) is 25.0 Å². The van der Waals surface area contributed by atoms with Gasteiger partial charge in [0.1, 0.15) is 5.75 Å². The lowest BCUT2D eigenvalue weighted by molar-refractivity contribution is -0.117. The van der Waals surface area contributed by atoms with Crippen LogP contribution in [0, 0.1) is 0 Å². The molecule has 0 unspecified atom stereocenters. The number of nitrogens with one attached hydrogen (secondary N) is 1. The summed E-state index contributed by atoms with van der Waals surface area (Å²) >= 11 is 0. The average molecular weight is 368 g/mol. The zero-order chi connectivity index (χ0) is 19.8. The summed E-state index contributed by atoms with van der Waals surface area (Å²) < 4.78 is 5.39. The number of hydrogen-bond acceptors (Lipinski definition) is 3. The second-order valence-electron chi connectivity index (χ2n) is 6.67. The third-order valence-corrected chi connectivity index (χ3v) is 4.26. The van der Waals surface area contributed by atoms with Crippen LogP contribution in [0.5, 0.6) is 5.75 Å². The van der Waals surface area contributed by atoms with Gasteiger partial charge in [-0.1, -0.05) is 26.0 Å². The van der Waals surface area contributed by atoms with Crippen molar-refractivity contribution in [3.63, 3.8) is 0 Å². The Morgan fingerprint density at radius 2 is 1.67 bits per heavy atom. The predicted molar refractivity (Wildman–Crippen MR) is 109 cm³/mol. The minimum absolute atomic E-state index is 0.0823. The number of hydrogen-bond donors (Lipinski definition) is 1. The van der Waals surface area contributed by atoms with Crippen molar-refractivity contribution in [2.24, 2.45) is 0 Å². The molecule has 27 heavy (non-hydrogen) atoms. The van der Waals surface area contributed by atoms with Crippen LogP contribution in [0.1, 0.15) is 45.6 Å². The van der Waals surface area contributed by atoms with Crippen LogP contribution in [0.4, 0.5) is 11.4 Å². The maximum atomic E-state index is 12.2. The van der Waals surface area contributed by atoms with Crippen molar-refractivity contribution in [3.05, 3.63) is 54.1 Å². The highest BCUT2D eigenvalue weighted by Gasteiger charge is 2.14. The smallest absolute Gasteiger partial charge is 0.226 e. The summed E-state index contributed by atoms with van der Waals surface area (Å²) in [5.74, 6) is 0.984. The molecule has 0 aromatic heterocycles. The molecule has 2 aromatic rings. The average Bonchev–Trinajstić information content (AvgIpc) is 2.64. The summed E-state index contributed by atoms with van der Waals surface area (Å²) in [6, 6.07) is 15.1. The van der Waals surface area contributed by atoms with Crippen LogP contribution < -0.4 is 15.0 Å². The minimum atomic E-state index is -0.135. The number of rotatable bonds is 8. The lowest BCUT2D eigenvalue weighted by atomic mass is 10.0. The molecule has 5 nitrogen and oxygen atoms in total. The van der Waals surface area contributed by atoms with Crippen molar-refractivity contribution >= 4 is 23.2 Å². The van der Waals surface area contributed by atoms with Gasteiger partial charge in [-0.3, -0.25) is 9.59 Å². The third-order valence-electron chi connectivity index (χ3n) is 4.26. The Kier molecular flexibility index (Phi) is 7.41. The molecule has 0 radical (unpaired) electrons. The quantitative estimate of drug-likeness (QED) is 0.741. The Morgan fingerprint density at radius 3 is 2.19 bits per heavy atom. The molecule has 2 aromatic carbocycles. The number of carbonyl (C=O) groups is 2. The van der Waals surface area contributed by atoms with Gasteiger partial charge in [0.2, 0.25) is 11.8 Å². The molecule has 1 N–H and O–H groups in total. The molecule has 0 spiro atoms. The fourth-order valence-corrected chi connectivity index (χ4v) is 2.75. The number of nitrogens with zero attached hydrogens (tertiary/aromatic N) is 1. The molecule has 0 atom stereocenters. The normalized spacial score (nSPS) is 10.6. The molecule has 0 saturated heterocycles. The summed E-state index contributed by atoms with van der Waals surface area (Å²) in [4.78, 5) is 25.9. The summed E-state index contributed by atoms with van der Waals surface area (Å²) in [6.45, 7) is 8.63. The minimum Gasteiger partial charge on any atom is -0.494 e. The Labute approximate surface area is 161 Å². The van der Waals surface area contributed by atoms with Crippen molar-refractivity contribution in [3.8, 4) is 5.75 Å². The van der Waals surface area contributed by atoms with Crippen LogP contribution in [0.3, 0.4) is 0 Å². The van der Waals surface area contributed by atoms with E-state index in [4.69, 9.17) is 4.74 Å². The van der Waals surface area contributed by atoms with E-state index in [-0.39, 0.29) is 18.2 Å². The molecule has 0 bridgehead atoms. The Morgan fingerprint density at radius 1 is 1.04 bits per heavy atom. The van der Waals surface area contributed by atoms with E-state index < -0.39 is 0 Å². The van der Waals surface area contributed by atoms with Gasteiger partial charge < -0.3 is 15.0 Å². The first kappa shape index (κ1) is 20.5. The molecule has 144 valence electrons. The van der Waals surface area contributed by atoms with Crippen LogP contribution in [-0.2, 0) is 9.59 Å². The van der Waals surface area contributed by atoms with Gasteiger partial charge in [0.05, 0.1) is 6.61 Å². The largest absolute Gasteiger partial charge is 0.494 e. The predicted octanol–water partition coefficient (Wildman–Crippen LogP) is 4.59. The van der Waals surface area contributed by atoms with E-state index in [1.807, 2.05) is 43.3 Å². The molecular weight excluding hydrogens is 340 g/mol. The van der Waals surface area contributed by atoms with E-state index in [2.05, 4.69) is 19.2 Å². The van der Waals surface area contributed by atoms with Gasteiger partial charge in [-0.05, 0) is 54.8 Å². The summed E-state index contributed by atoms with van der Waals surface area (Å²) in [5, 5.41) is 2.85. The highest BCUT2D eigenvalue weighted by molar-refractivity contribution is 5.94. The van der Waals surface area contributed by atoms with Gasteiger partial charge in [0.25, 0.3) is 0 Å². The summed E-state index contributed by atoms with van der Waals surface area (Å²) in [7, 11) is 0. The molecule has 0 heterocycles. The molecule has 0 aliphatic carbocycles. The summed E-state index contributed by atoms with van der Waals surface area (Å²) in [6.07, 6.45) is 0.221. The monoisotopic (exact) mass is 368 g/mol. The maximum absolute atomic E-state index is 12.2. The molecule has 5 heteroatoms. The Bertz CT molecular complexity index is 752. The van der Waals surface area contributed by atoms with Crippen LogP contribution in [0.15, 0.2) is 48.5 Å². The second kappa shape index (κ2) is 9.76. The zero-order valence-corrected chi connectivity index (χ0v) is 16.5. The van der Waals surface area contributed by atoms with Gasteiger partial charge in [-0.15, -0.1) is 0 Å². The number of carbonyl (C=O) groups excluding carboxylic acids is 2. The first-order chi connectivity index (χ1) is 12.9. The second-order valence-corrected chi connectivity index (χ2v) is 6.67. The van der Waals surface area contributed by atoms with Gasteiger partial charge in [-0.25, -0.2) is 0 Å². The molecule has 0 fully saturated rings. The van der Waals surface area contributed by atoms with Crippen molar-refractivity contribution in [1.29, 1.82) is 0 Å². The van der Waals surface area contributed by atoms with Crippen LogP contribution in [0.2, 0.25) is 0 Å². The third kappa shape index (κ3) is 6.13. The topological polar surface area (TPSA) is 58.6 Å². The van der Waals surface area contributed by atoms with E-state index in [0.29, 0.717) is 24.8 Å². The van der Waals surface area contributed by atoms with Crippen molar-refractivity contribution in [2.75, 3.05) is 23.4 Å². The highest BCUT2D eigenvalue weighted by Crippen LogP contribution is 2.21. The number of anilines is 2. The molecule has 0 aliphatic rings. The van der Waals surface area contributed by atoms with Crippen molar-refractivity contribution < 1.29 is 14.3 Å². The standard InChI is InChI=1S/C22H28N2O3/c1-5-27-21-12-8-19(9-13-21)23-22(26)14-15-24(17(4)25)20-10-6-18(7-11-20)16(2)3/h6-13,16H,5,14-15H2,1-4H3,(H,23,26). The molecule has 0 aliphatic heterocycles. The number of benzene rings is 2. The number of ether oxygens (including phenoxy) is 1. The first-order valence-electron chi connectivity index (χ1n) is 9.31. The fraction of sp³-hybridized carbons (Fsp3) is 0.364. The molecule has 2 amide bonds. The van der Waals surface area contributed by atoms with E-state index in [0.717, 1.165) is 11.4 Å². The zero-order valence-electron chi connectivity index (χ0n) is 16.5. The lowest BCUT2D eigenvalue weighted by Gasteiger charge is -2.21. The Hall–Kier alpha value is -2.82. The van der Waals surface area contributed by atoms with Crippen molar-refractivity contribution in [1.82, 2.24) is 0 Å². The SMILES string of the molecule is CCOc1ccc(NC(=O)CCN(C(C)=O)c2ccc(C(C)C)cc2)cc1. The summed E-state index contributed by atoms with van der Waals surface area (Å²) in [5.41, 5.74) is 2.73. The molecule has 2 rings (SSSR count). The van der Waals surface area contributed by atoms with E-state index in [9.17, 15) is 9.59 Å². The van der Waals surface area contributed by atoms with Crippen LogP contribution >= 0.6 is 0 Å². The van der Waals surface area contributed by atoms with Gasteiger partial charge in [0.15, 0.2) is 0 Å². The fourth-order valence-electron chi connectivity index (χ4n) is 2.75. The molecule has 0 saturated carbocycles. The van der Waals surface area contributed by atoms with Crippen molar-refractivity contribution in [2.45, 2.75) is 40.0 Å². The number of amides is 2. The first-order valence-corrected chi connectivity index (χ1v) is 9.31. The maximum Gasteiger partial charge on any atom is 0.226 e. The van der Waals surface area contributed by atoms with E-state index in [1.165, 1.54) is 12.5 Å². The van der Waals surface area contributed by atoms with E-state index in [1.54, 1.807) is 17.0 Å². The van der Waals surface area contributed by atoms with Crippen LogP contribution in [0.25, 0.3) is 0 Å².